The van der Waals surface area contributed by atoms with Gasteiger partial charge in [-0.15, -0.1) is 5.10 Å². The Morgan fingerprint density at radius 3 is 3.21 bits per heavy atom. The zero-order valence-electron chi connectivity index (χ0n) is 8.74. The predicted molar refractivity (Wildman–Crippen MR) is 54.9 cm³/mol. The number of nitrogens with two attached hydrogens (primary N) is 1. The number of hydrogen-bond donors (Lipinski definition) is 1. The summed E-state index contributed by atoms with van der Waals surface area (Å²) in [5, 5.41) is 8.41. The number of rotatable bonds is 3. The normalized spacial score (nSPS) is 20.9. The lowest BCUT2D eigenvalue weighted by atomic mass is 9.91. The quantitative estimate of drug-likeness (QED) is 0.772. The molecule has 14 heavy (non-hydrogen) atoms. The summed E-state index contributed by atoms with van der Waals surface area (Å²) in [7, 11) is 0. The van der Waals surface area contributed by atoms with Crippen molar-refractivity contribution in [2.24, 2.45) is 11.7 Å². The number of fused-ring (bicyclic) bond motifs is 1. The van der Waals surface area contributed by atoms with Gasteiger partial charge in [0.15, 0.2) is 0 Å². The molecule has 0 spiro atoms. The van der Waals surface area contributed by atoms with Gasteiger partial charge < -0.3 is 5.73 Å². The maximum absolute atomic E-state index is 5.48. The van der Waals surface area contributed by atoms with Crippen molar-refractivity contribution in [3.63, 3.8) is 0 Å². The average Bonchev–Trinajstić information content (AvgIpc) is 2.57. The van der Waals surface area contributed by atoms with Crippen molar-refractivity contribution in [2.75, 3.05) is 6.54 Å². The monoisotopic (exact) mass is 194 g/mol. The molecule has 1 aromatic rings. The molecule has 4 heteroatoms. The summed E-state index contributed by atoms with van der Waals surface area (Å²) in [6.45, 7) is 3.93. The van der Waals surface area contributed by atoms with Gasteiger partial charge in [-0.3, -0.25) is 0 Å². The Morgan fingerprint density at radius 1 is 1.57 bits per heavy atom. The number of aryl methyl sites for hydroxylation is 1. The average molecular weight is 194 g/mol. The van der Waals surface area contributed by atoms with Gasteiger partial charge >= 0.3 is 0 Å². The molecule has 1 unspecified atom stereocenters. The molecule has 1 aromatic heterocycles. The van der Waals surface area contributed by atoms with Gasteiger partial charge in [0, 0.05) is 6.54 Å². The van der Waals surface area contributed by atoms with E-state index in [9.17, 15) is 0 Å². The van der Waals surface area contributed by atoms with E-state index in [1.165, 1.54) is 17.8 Å². The van der Waals surface area contributed by atoms with Crippen LogP contribution in [0.5, 0.6) is 0 Å². The van der Waals surface area contributed by atoms with Crippen LogP contribution in [0.1, 0.15) is 31.2 Å². The van der Waals surface area contributed by atoms with E-state index in [1.807, 2.05) is 4.68 Å². The summed E-state index contributed by atoms with van der Waals surface area (Å²) in [6.07, 6.45) is 4.49. The Labute approximate surface area is 84.5 Å². The van der Waals surface area contributed by atoms with Crippen LogP contribution in [0.4, 0.5) is 0 Å². The first-order chi connectivity index (χ1) is 6.81. The lowest BCUT2D eigenvalue weighted by Crippen LogP contribution is -2.15. The number of hydrogen-bond acceptors (Lipinski definition) is 3. The molecule has 0 saturated heterocycles. The molecular weight excluding hydrogens is 176 g/mol. The van der Waals surface area contributed by atoms with Crippen molar-refractivity contribution in [1.29, 1.82) is 0 Å². The van der Waals surface area contributed by atoms with E-state index in [4.69, 9.17) is 5.73 Å². The summed E-state index contributed by atoms with van der Waals surface area (Å²) in [6, 6.07) is 0. The molecule has 0 aromatic carbocycles. The summed E-state index contributed by atoms with van der Waals surface area (Å²) in [5.74, 6) is 0.766. The van der Waals surface area contributed by atoms with Crippen molar-refractivity contribution in [3.05, 3.63) is 11.4 Å². The van der Waals surface area contributed by atoms with Crippen LogP contribution in [0.3, 0.4) is 0 Å². The SMILES string of the molecule is CC1CCc2c(nnn2CCCN)C1. The molecule has 4 nitrogen and oxygen atoms in total. The molecule has 0 saturated carbocycles. The fourth-order valence-corrected chi connectivity index (χ4v) is 2.04. The lowest BCUT2D eigenvalue weighted by Gasteiger charge is -2.17. The third kappa shape index (κ3) is 1.80. The van der Waals surface area contributed by atoms with Gasteiger partial charge in [0.2, 0.25) is 0 Å². The van der Waals surface area contributed by atoms with E-state index >= 15 is 0 Å². The standard InChI is InChI=1S/C10H18N4/c1-8-3-4-10-9(7-8)12-13-14(10)6-2-5-11/h8H,2-7,11H2,1H3. The minimum absolute atomic E-state index is 0.727. The van der Waals surface area contributed by atoms with E-state index in [-0.39, 0.29) is 0 Å². The summed E-state index contributed by atoms with van der Waals surface area (Å²) in [5.41, 5.74) is 8.03. The highest BCUT2D eigenvalue weighted by molar-refractivity contribution is 5.14. The highest BCUT2D eigenvalue weighted by Gasteiger charge is 2.20. The topological polar surface area (TPSA) is 56.7 Å². The largest absolute Gasteiger partial charge is 0.330 e. The molecule has 1 aliphatic rings. The van der Waals surface area contributed by atoms with Crippen LogP contribution in [-0.4, -0.2) is 21.5 Å². The molecule has 78 valence electrons. The third-order valence-electron chi connectivity index (χ3n) is 2.91. The van der Waals surface area contributed by atoms with Crippen LogP contribution in [0.2, 0.25) is 0 Å². The van der Waals surface area contributed by atoms with Crippen LogP contribution in [0.25, 0.3) is 0 Å². The van der Waals surface area contributed by atoms with Gasteiger partial charge in [-0.05, 0) is 38.1 Å². The molecule has 0 aliphatic heterocycles. The van der Waals surface area contributed by atoms with Crippen molar-refractivity contribution in [2.45, 2.75) is 39.2 Å². The Hall–Kier alpha value is -0.900. The number of nitrogens with zero attached hydrogens (tertiary/aromatic N) is 3. The molecule has 0 amide bonds. The summed E-state index contributed by atoms with van der Waals surface area (Å²) >= 11 is 0. The first-order valence-electron chi connectivity index (χ1n) is 5.42. The molecule has 2 rings (SSSR count). The van der Waals surface area contributed by atoms with Crippen LogP contribution < -0.4 is 5.73 Å². The molecule has 2 N–H and O–H groups in total. The molecule has 0 bridgehead atoms. The van der Waals surface area contributed by atoms with E-state index in [1.54, 1.807) is 0 Å². The number of aromatic nitrogens is 3. The maximum Gasteiger partial charge on any atom is 0.0861 e. The summed E-state index contributed by atoms with van der Waals surface area (Å²) in [4.78, 5) is 0. The predicted octanol–water partition coefficient (Wildman–Crippen LogP) is 0.752. The highest BCUT2D eigenvalue weighted by atomic mass is 15.4. The maximum atomic E-state index is 5.48. The van der Waals surface area contributed by atoms with Gasteiger partial charge in [0.25, 0.3) is 0 Å². The van der Waals surface area contributed by atoms with Gasteiger partial charge in [-0.2, -0.15) is 0 Å². The molecule has 1 aliphatic carbocycles. The van der Waals surface area contributed by atoms with Crippen LogP contribution in [0.15, 0.2) is 0 Å². The van der Waals surface area contributed by atoms with Crippen molar-refractivity contribution < 1.29 is 0 Å². The Bertz CT molecular complexity index is 305. The van der Waals surface area contributed by atoms with E-state index in [0.29, 0.717) is 0 Å². The van der Waals surface area contributed by atoms with Crippen molar-refractivity contribution in [3.8, 4) is 0 Å². The van der Waals surface area contributed by atoms with Crippen molar-refractivity contribution in [1.82, 2.24) is 15.0 Å². The second-order valence-electron chi connectivity index (χ2n) is 4.20. The Morgan fingerprint density at radius 2 is 2.43 bits per heavy atom. The zero-order chi connectivity index (χ0) is 9.97. The van der Waals surface area contributed by atoms with Crippen LogP contribution >= 0.6 is 0 Å². The first kappa shape index (κ1) is 9.65. The molecule has 0 radical (unpaired) electrons. The van der Waals surface area contributed by atoms with Crippen molar-refractivity contribution >= 4 is 0 Å². The van der Waals surface area contributed by atoms with Gasteiger partial charge in [0.05, 0.1) is 11.4 Å². The molecular formula is C10H18N4. The van der Waals surface area contributed by atoms with E-state index in [2.05, 4.69) is 17.2 Å². The second-order valence-corrected chi connectivity index (χ2v) is 4.20. The Kier molecular flexibility index (Phi) is 2.82. The molecule has 1 heterocycles. The fourth-order valence-electron chi connectivity index (χ4n) is 2.04. The van der Waals surface area contributed by atoms with Crippen LogP contribution in [-0.2, 0) is 19.4 Å². The highest BCUT2D eigenvalue weighted by Crippen LogP contribution is 2.23. The minimum atomic E-state index is 0.727. The first-order valence-corrected chi connectivity index (χ1v) is 5.42. The van der Waals surface area contributed by atoms with E-state index < -0.39 is 0 Å². The van der Waals surface area contributed by atoms with E-state index in [0.717, 1.165) is 38.3 Å². The fraction of sp³-hybridized carbons (Fsp3) is 0.800. The molecule has 0 fully saturated rings. The van der Waals surface area contributed by atoms with Gasteiger partial charge in [-0.1, -0.05) is 12.1 Å². The molecule has 1 atom stereocenters. The van der Waals surface area contributed by atoms with Crippen LogP contribution in [0, 0.1) is 5.92 Å². The smallest absolute Gasteiger partial charge is 0.0861 e. The summed E-state index contributed by atoms with van der Waals surface area (Å²) < 4.78 is 2.04. The third-order valence-corrected chi connectivity index (χ3v) is 2.91. The van der Waals surface area contributed by atoms with Gasteiger partial charge in [0.1, 0.15) is 0 Å². The Balaban J connectivity index is 2.12. The minimum Gasteiger partial charge on any atom is -0.330 e. The lowest BCUT2D eigenvalue weighted by molar-refractivity contribution is 0.470. The van der Waals surface area contributed by atoms with Gasteiger partial charge in [-0.25, -0.2) is 4.68 Å². The zero-order valence-corrected chi connectivity index (χ0v) is 8.74. The second kappa shape index (κ2) is 4.09.